The van der Waals surface area contributed by atoms with Gasteiger partial charge in [0.1, 0.15) is 0 Å². The van der Waals surface area contributed by atoms with Crippen molar-refractivity contribution >= 4 is 5.69 Å². The average molecular weight is 275 g/mol. The van der Waals surface area contributed by atoms with E-state index < -0.39 is 0 Å². The molecule has 1 fully saturated rings. The molecule has 0 bridgehead atoms. The molecule has 0 radical (unpaired) electrons. The molecule has 1 N–H and O–H groups in total. The molecule has 0 spiro atoms. The number of nitrogens with zero attached hydrogens (tertiary/aromatic N) is 2. The highest BCUT2D eigenvalue weighted by Crippen LogP contribution is 2.34. The van der Waals surface area contributed by atoms with Gasteiger partial charge >= 0.3 is 0 Å². The maximum atomic E-state index is 5.29. The van der Waals surface area contributed by atoms with Crippen molar-refractivity contribution in [1.29, 1.82) is 0 Å². The SMILES string of the molecule is COCCN1c2cccc(C)c2CN1C[C@@H]1CCNC1. The summed E-state index contributed by atoms with van der Waals surface area (Å²) in [5.74, 6) is 0.773. The first-order valence-electron chi connectivity index (χ1n) is 7.60. The van der Waals surface area contributed by atoms with Gasteiger partial charge in [0.2, 0.25) is 0 Å². The summed E-state index contributed by atoms with van der Waals surface area (Å²) in [6.07, 6.45) is 1.30. The topological polar surface area (TPSA) is 27.7 Å². The van der Waals surface area contributed by atoms with Gasteiger partial charge in [0, 0.05) is 20.2 Å². The molecule has 4 heteroatoms. The Morgan fingerprint density at radius 1 is 1.40 bits per heavy atom. The number of ether oxygens (including phenoxy) is 1. The van der Waals surface area contributed by atoms with Gasteiger partial charge < -0.3 is 15.1 Å². The van der Waals surface area contributed by atoms with Gasteiger partial charge in [-0.15, -0.1) is 0 Å². The quantitative estimate of drug-likeness (QED) is 0.886. The number of aryl methyl sites for hydroxylation is 1. The summed E-state index contributed by atoms with van der Waals surface area (Å²) in [6.45, 7) is 8.44. The smallest absolute Gasteiger partial charge is 0.0653 e. The zero-order chi connectivity index (χ0) is 13.9. The summed E-state index contributed by atoms with van der Waals surface area (Å²) in [4.78, 5) is 0. The Bertz CT molecular complexity index is 457. The highest BCUT2D eigenvalue weighted by Gasteiger charge is 2.30. The van der Waals surface area contributed by atoms with Crippen molar-refractivity contribution < 1.29 is 4.74 Å². The molecule has 20 heavy (non-hydrogen) atoms. The zero-order valence-corrected chi connectivity index (χ0v) is 12.6. The van der Waals surface area contributed by atoms with E-state index in [-0.39, 0.29) is 0 Å². The molecule has 1 aromatic carbocycles. The van der Waals surface area contributed by atoms with Crippen molar-refractivity contribution in [2.75, 3.05) is 44.9 Å². The molecule has 2 aliphatic heterocycles. The fourth-order valence-corrected chi connectivity index (χ4v) is 3.33. The van der Waals surface area contributed by atoms with E-state index in [4.69, 9.17) is 4.74 Å². The molecule has 0 unspecified atom stereocenters. The molecule has 110 valence electrons. The van der Waals surface area contributed by atoms with Crippen LogP contribution in [-0.4, -0.2) is 44.9 Å². The van der Waals surface area contributed by atoms with Crippen molar-refractivity contribution in [3.8, 4) is 0 Å². The van der Waals surface area contributed by atoms with E-state index >= 15 is 0 Å². The van der Waals surface area contributed by atoms with E-state index in [0.29, 0.717) is 0 Å². The predicted molar refractivity (Wildman–Crippen MR) is 81.8 cm³/mol. The number of nitrogens with one attached hydrogen (secondary N) is 1. The molecular formula is C16H25N3O. The first-order chi connectivity index (χ1) is 9.79. The van der Waals surface area contributed by atoms with Gasteiger partial charge in [0.15, 0.2) is 0 Å². The Labute approximate surface area is 121 Å². The molecule has 1 atom stereocenters. The summed E-state index contributed by atoms with van der Waals surface area (Å²) in [6, 6.07) is 6.62. The lowest BCUT2D eigenvalue weighted by atomic mass is 10.1. The van der Waals surface area contributed by atoms with Gasteiger partial charge in [0.05, 0.1) is 18.8 Å². The number of rotatable bonds is 5. The summed E-state index contributed by atoms with van der Waals surface area (Å²) in [5, 5.41) is 8.40. The largest absolute Gasteiger partial charge is 0.383 e. The lowest BCUT2D eigenvalue weighted by Gasteiger charge is -2.32. The van der Waals surface area contributed by atoms with E-state index in [1.54, 1.807) is 7.11 Å². The fraction of sp³-hybridized carbons (Fsp3) is 0.625. The molecule has 0 amide bonds. The highest BCUT2D eigenvalue weighted by molar-refractivity contribution is 5.59. The van der Waals surface area contributed by atoms with E-state index in [2.05, 4.69) is 40.5 Å². The minimum absolute atomic E-state index is 0.771. The van der Waals surface area contributed by atoms with E-state index in [9.17, 15) is 0 Å². The number of fused-ring (bicyclic) bond motifs is 1. The van der Waals surface area contributed by atoms with Crippen molar-refractivity contribution in [3.05, 3.63) is 29.3 Å². The number of methoxy groups -OCH3 is 1. The summed E-state index contributed by atoms with van der Waals surface area (Å²) in [7, 11) is 1.78. The number of hydrogen-bond acceptors (Lipinski definition) is 4. The maximum absolute atomic E-state index is 5.29. The Balaban J connectivity index is 1.77. The second kappa shape index (κ2) is 6.12. The van der Waals surface area contributed by atoms with Gasteiger partial charge in [0.25, 0.3) is 0 Å². The molecule has 2 heterocycles. The number of hydrazine groups is 1. The van der Waals surface area contributed by atoms with Crippen molar-refractivity contribution in [1.82, 2.24) is 10.3 Å². The van der Waals surface area contributed by atoms with Gasteiger partial charge in [-0.05, 0) is 49.5 Å². The van der Waals surface area contributed by atoms with Crippen LogP contribution in [0.2, 0.25) is 0 Å². The number of benzene rings is 1. The first kappa shape index (κ1) is 13.9. The molecule has 0 saturated carbocycles. The summed E-state index contributed by atoms with van der Waals surface area (Å²) < 4.78 is 5.29. The molecule has 2 aliphatic rings. The van der Waals surface area contributed by atoms with E-state index in [1.165, 1.54) is 29.8 Å². The second-order valence-electron chi connectivity index (χ2n) is 5.89. The fourth-order valence-electron chi connectivity index (χ4n) is 3.33. The molecule has 3 rings (SSSR count). The monoisotopic (exact) mass is 275 g/mol. The highest BCUT2D eigenvalue weighted by atomic mass is 16.5. The minimum Gasteiger partial charge on any atom is -0.383 e. The van der Waals surface area contributed by atoms with Crippen LogP contribution in [0.15, 0.2) is 18.2 Å². The maximum Gasteiger partial charge on any atom is 0.0653 e. The standard InChI is InChI=1S/C16H25N3O/c1-13-4-3-5-16-15(13)12-18(19(16)8-9-20-2)11-14-6-7-17-10-14/h3-5,14,17H,6-12H2,1-2H3/t14-/m1/s1. The minimum atomic E-state index is 0.771. The molecule has 0 aliphatic carbocycles. The molecule has 0 aromatic heterocycles. The van der Waals surface area contributed by atoms with Crippen LogP contribution in [0.25, 0.3) is 0 Å². The Hall–Kier alpha value is -1.10. The Kier molecular flexibility index (Phi) is 4.24. The molecular weight excluding hydrogens is 250 g/mol. The van der Waals surface area contributed by atoms with Crippen LogP contribution < -0.4 is 10.3 Å². The third-order valence-electron chi connectivity index (χ3n) is 4.48. The van der Waals surface area contributed by atoms with Crippen molar-refractivity contribution in [3.63, 3.8) is 0 Å². The average Bonchev–Trinajstić information content (AvgIpc) is 3.06. The van der Waals surface area contributed by atoms with Crippen molar-refractivity contribution in [2.24, 2.45) is 5.92 Å². The second-order valence-corrected chi connectivity index (χ2v) is 5.89. The Morgan fingerprint density at radius 3 is 3.05 bits per heavy atom. The van der Waals surface area contributed by atoms with Crippen LogP contribution in [0.1, 0.15) is 17.5 Å². The number of hydrogen-bond donors (Lipinski definition) is 1. The summed E-state index contributed by atoms with van der Waals surface area (Å²) >= 11 is 0. The normalized spacial score (nSPS) is 22.5. The van der Waals surface area contributed by atoms with Crippen LogP contribution in [0.4, 0.5) is 5.69 Å². The van der Waals surface area contributed by atoms with Crippen LogP contribution in [-0.2, 0) is 11.3 Å². The molecule has 1 aromatic rings. The van der Waals surface area contributed by atoms with Gasteiger partial charge in [-0.1, -0.05) is 12.1 Å². The zero-order valence-electron chi connectivity index (χ0n) is 12.6. The Morgan fingerprint density at radius 2 is 2.30 bits per heavy atom. The number of anilines is 1. The lowest BCUT2D eigenvalue weighted by Crippen LogP contribution is -2.42. The van der Waals surface area contributed by atoms with Gasteiger partial charge in [-0.25, -0.2) is 5.01 Å². The van der Waals surface area contributed by atoms with Gasteiger partial charge in [-0.2, -0.15) is 0 Å². The van der Waals surface area contributed by atoms with Crippen LogP contribution in [0.3, 0.4) is 0 Å². The van der Waals surface area contributed by atoms with E-state index in [0.717, 1.165) is 38.7 Å². The van der Waals surface area contributed by atoms with E-state index in [1.807, 2.05) is 0 Å². The van der Waals surface area contributed by atoms with Gasteiger partial charge in [-0.3, -0.25) is 0 Å². The van der Waals surface area contributed by atoms with Crippen LogP contribution in [0.5, 0.6) is 0 Å². The lowest BCUT2D eigenvalue weighted by molar-refractivity contribution is 0.169. The van der Waals surface area contributed by atoms with Crippen LogP contribution in [0, 0.1) is 12.8 Å². The van der Waals surface area contributed by atoms with Crippen LogP contribution >= 0.6 is 0 Å². The predicted octanol–water partition coefficient (Wildman–Crippen LogP) is 1.79. The first-order valence-corrected chi connectivity index (χ1v) is 7.60. The summed E-state index contributed by atoms with van der Waals surface area (Å²) in [5.41, 5.74) is 4.25. The van der Waals surface area contributed by atoms with Crippen molar-refractivity contribution in [2.45, 2.75) is 19.9 Å². The third kappa shape index (κ3) is 2.68. The molecule has 1 saturated heterocycles. The third-order valence-corrected chi connectivity index (χ3v) is 4.48. The molecule has 4 nitrogen and oxygen atoms in total.